The maximum atomic E-state index is 14.3. The molecule has 1 aliphatic heterocycles. The highest BCUT2D eigenvalue weighted by Gasteiger charge is 2.61. The minimum atomic E-state index is -3.53. The molecule has 0 amide bonds. The zero-order valence-electron chi connectivity index (χ0n) is 10.9. The maximum absolute atomic E-state index is 14.3. The lowest BCUT2D eigenvalue weighted by atomic mass is 9.76. The Morgan fingerprint density at radius 1 is 1.25 bits per heavy atom. The monoisotopic (exact) mass is 306 g/mol. The van der Waals surface area contributed by atoms with Gasteiger partial charge in [-0.05, 0) is 32.0 Å². The molecule has 1 heterocycles. The minimum absolute atomic E-state index is 0.139. The third-order valence-corrected chi connectivity index (χ3v) is 4.18. The van der Waals surface area contributed by atoms with Crippen LogP contribution in [0.2, 0.25) is 0 Å². The fourth-order valence-electron chi connectivity index (χ4n) is 2.31. The number of nitrogen functional groups attached to an aromatic ring is 1. The number of halogens is 4. The van der Waals surface area contributed by atoms with Gasteiger partial charge in [-0.1, -0.05) is 12.2 Å². The number of alkyl halides is 3. The molecule has 0 bridgehead atoms. The number of hydrogen-bond donors (Lipinski definition) is 2. The van der Waals surface area contributed by atoms with Gasteiger partial charge in [0.1, 0.15) is 16.3 Å². The Kier molecular flexibility index (Phi) is 3.24. The predicted octanol–water partition coefficient (Wildman–Crippen LogP) is 3.31. The molecule has 110 valence electrons. The fourth-order valence-corrected chi connectivity index (χ4v) is 2.59. The van der Waals surface area contributed by atoms with Crippen molar-refractivity contribution >= 4 is 22.9 Å². The van der Waals surface area contributed by atoms with Gasteiger partial charge >= 0.3 is 0 Å². The second-order valence-electron chi connectivity index (χ2n) is 5.40. The number of nitrogens with two attached hydrogens (primary N) is 1. The third-order valence-electron chi connectivity index (χ3n) is 3.65. The lowest BCUT2D eigenvalue weighted by Crippen LogP contribution is -2.66. The quantitative estimate of drug-likeness (QED) is 0.475. The third kappa shape index (κ3) is 2.13. The van der Waals surface area contributed by atoms with Crippen LogP contribution < -0.4 is 11.1 Å². The van der Waals surface area contributed by atoms with Crippen LogP contribution in [0, 0.1) is 5.82 Å². The van der Waals surface area contributed by atoms with E-state index in [1.54, 1.807) is 0 Å². The van der Waals surface area contributed by atoms with Gasteiger partial charge in [-0.3, -0.25) is 0 Å². The zero-order valence-corrected chi connectivity index (χ0v) is 11.8. The minimum Gasteiger partial charge on any atom is -0.399 e. The first kappa shape index (κ1) is 15.0. The summed E-state index contributed by atoms with van der Waals surface area (Å²) < 4.78 is 56.6. The second-order valence-corrected chi connectivity index (χ2v) is 5.81. The van der Waals surface area contributed by atoms with Crippen molar-refractivity contribution in [1.29, 1.82) is 0 Å². The molecule has 1 fully saturated rings. The number of anilines is 1. The van der Waals surface area contributed by atoms with E-state index >= 15 is 0 Å². The molecule has 1 aromatic carbocycles. The first-order chi connectivity index (χ1) is 8.99. The van der Waals surface area contributed by atoms with E-state index in [-0.39, 0.29) is 16.2 Å². The molecular formula is C13H14F4N2S. The standard InChI is InChI=1S/C13H14F4N2S/c1-11(15)6-13(16,17)12(2,19-10(11)20)8-5-7(18)3-4-9(8)14/h3-5H,6,18H2,1-2H3,(H,19,20)/t11-,12+/m0/s1. The Labute approximate surface area is 119 Å². The predicted molar refractivity (Wildman–Crippen MR) is 73.0 cm³/mol. The van der Waals surface area contributed by atoms with Crippen molar-refractivity contribution in [3.05, 3.63) is 29.6 Å². The van der Waals surface area contributed by atoms with E-state index in [9.17, 15) is 17.6 Å². The van der Waals surface area contributed by atoms with Gasteiger partial charge in [-0.2, -0.15) is 0 Å². The van der Waals surface area contributed by atoms with Gasteiger partial charge in [-0.15, -0.1) is 0 Å². The normalized spacial score (nSPS) is 32.8. The van der Waals surface area contributed by atoms with E-state index in [1.165, 1.54) is 6.07 Å². The number of hydrogen-bond acceptors (Lipinski definition) is 2. The highest BCUT2D eigenvalue weighted by atomic mass is 32.1. The van der Waals surface area contributed by atoms with Gasteiger partial charge in [-0.25, -0.2) is 17.6 Å². The van der Waals surface area contributed by atoms with Gasteiger partial charge < -0.3 is 11.1 Å². The van der Waals surface area contributed by atoms with E-state index in [1.807, 2.05) is 0 Å². The molecule has 2 atom stereocenters. The Morgan fingerprint density at radius 2 is 1.85 bits per heavy atom. The smallest absolute Gasteiger partial charge is 0.278 e. The van der Waals surface area contributed by atoms with Gasteiger partial charge in [0, 0.05) is 11.3 Å². The van der Waals surface area contributed by atoms with Crippen molar-refractivity contribution in [3.8, 4) is 0 Å². The lowest BCUT2D eigenvalue weighted by Gasteiger charge is -2.47. The molecular weight excluding hydrogens is 292 g/mol. The topological polar surface area (TPSA) is 38.0 Å². The summed E-state index contributed by atoms with van der Waals surface area (Å²) in [4.78, 5) is -0.368. The number of nitrogens with one attached hydrogen (secondary N) is 1. The molecule has 0 radical (unpaired) electrons. The van der Waals surface area contributed by atoms with Crippen LogP contribution in [-0.2, 0) is 5.54 Å². The Hall–Kier alpha value is -1.37. The molecule has 1 saturated heterocycles. The average Bonchev–Trinajstić information content (AvgIpc) is 2.29. The first-order valence-electron chi connectivity index (χ1n) is 5.94. The Balaban J connectivity index is 2.58. The summed E-state index contributed by atoms with van der Waals surface area (Å²) >= 11 is 4.80. The van der Waals surface area contributed by atoms with Gasteiger partial charge in [0.15, 0.2) is 5.67 Å². The molecule has 3 N–H and O–H groups in total. The highest BCUT2D eigenvalue weighted by molar-refractivity contribution is 7.80. The van der Waals surface area contributed by atoms with Crippen LogP contribution in [0.15, 0.2) is 18.2 Å². The molecule has 2 nitrogen and oxygen atoms in total. The first-order valence-corrected chi connectivity index (χ1v) is 6.35. The van der Waals surface area contributed by atoms with Crippen molar-refractivity contribution in [1.82, 2.24) is 5.32 Å². The van der Waals surface area contributed by atoms with E-state index in [0.717, 1.165) is 26.0 Å². The molecule has 20 heavy (non-hydrogen) atoms. The summed E-state index contributed by atoms with van der Waals surface area (Å²) in [5.41, 5.74) is 0.847. The van der Waals surface area contributed by atoms with Crippen molar-refractivity contribution < 1.29 is 17.6 Å². The van der Waals surface area contributed by atoms with Crippen LogP contribution in [-0.4, -0.2) is 16.6 Å². The SMILES string of the molecule is C[C@]1(F)CC(F)(F)[C@@](C)(c2cc(N)ccc2F)NC1=S. The van der Waals surface area contributed by atoms with E-state index in [2.05, 4.69) is 5.32 Å². The molecule has 0 aliphatic carbocycles. The Bertz CT molecular complexity index is 573. The zero-order chi connectivity index (χ0) is 15.3. The van der Waals surface area contributed by atoms with Crippen LogP contribution in [0.3, 0.4) is 0 Å². The number of piperidine rings is 1. The molecule has 1 aromatic rings. The van der Waals surface area contributed by atoms with Crippen LogP contribution in [0.5, 0.6) is 0 Å². The number of rotatable bonds is 1. The van der Waals surface area contributed by atoms with E-state index < -0.39 is 29.4 Å². The summed E-state index contributed by atoms with van der Waals surface area (Å²) in [5, 5.41) is 2.27. The molecule has 0 unspecified atom stereocenters. The van der Waals surface area contributed by atoms with Crippen molar-refractivity contribution in [2.24, 2.45) is 0 Å². The van der Waals surface area contributed by atoms with Crippen LogP contribution in [0.1, 0.15) is 25.8 Å². The number of thiocarbonyl (C=S) groups is 1. The highest BCUT2D eigenvalue weighted by Crippen LogP contribution is 2.48. The molecule has 0 aromatic heterocycles. The van der Waals surface area contributed by atoms with E-state index in [0.29, 0.717) is 0 Å². The van der Waals surface area contributed by atoms with E-state index in [4.69, 9.17) is 18.0 Å². The Morgan fingerprint density at radius 3 is 2.45 bits per heavy atom. The number of benzene rings is 1. The molecule has 1 aliphatic rings. The molecule has 0 spiro atoms. The summed E-state index contributed by atoms with van der Waals surface area (Å²) in [6, 6.07) is 3.38. The molecule has 0 saturated carbocycles. The van der Waals surface area contributed by atoms with Crippen LogP contribution in [0.25, 0.3) is 0 Å². The summed E-state index contributed by atoms with van der Waals surface area (Å²) in [5.74, 6) is -4.38. The van der Waals surface area contributed by atoms with Crippen LogP contribution in [0.4, 0.5) is 23.2 Å². The largest absolute Gasteiger partial charge is 0.399 e. The maximum Gasteiger partial charge on any atom is 0.278 e. The molecule has 7 heteroatoms. The van der Waals surface area contributed by atoms with Gasteiger partial charge in [0.2, 0.25) is 0 Å². The van der Waals surface area contributed by atoms with Gasteiger partial charge in [0.05, 0.1) is 6.42 Å². The molecule has 2 rings (SSSR count). The van der Waals surface area contributed by atoms with Gasteiger partial charge in [0.25, 0.3) is 5.92 Å². The van der Waals surface area contributed by atoms with Crippen molar-refractivity contribution in [3.63, 3.8) is 0 Å². The summed E-state index contributed by atoms with van der Waals surface area (Å²) in [6.07, 6.45) is -1.11. The van der Waals surface area contributed by atoms with Crippen molar-refractivity contribution in [2.75, 3.05) is 5.73 Å². The fraction of sp³-hybridized carbons (Fsp3) is 0.462. The second kappa shape index (κ2) is 4.31. The van der Waals surface area contributed by atoms with Crippen molar-refractivity contribution in [2.45, 2.75) is 37.4 Å². The average molecular weight is 306 g/mol. The summed E-state index contributed by atoms with van der Waals surface area (Å²) in [7, 11) is 0. The van der Waals surface area contributed by atoms with Crippen LogP contribution >= 0.6 is 12.2 Å². The summed E-state index contributed by atoms with van der Waals surface area (Å²) in [6.45, 7) is 2.07. The lowest BCUT2D eigenvalue weighted by molar-refractivity contribution is -0.119.